The summed E-state index contributed by atoms with van der Waals surface area (Å²) in [6, 6.07) is 8.99. The van der Waals surface area contributed by atoms with Crippen molar-refractivity contribution < 1.29 is 14.6 Å². The highest BCUT2D eigenvalue weighted by atomic mass is 16.5. The van der Waals surface area contributed by atoms with Crippen LogP contribution in [0.3, 0.4) is 0 Å². The monoisotopic (exact) mass is 231 g/mol. The van der Waals surface area contributed by atoms with Gasteiger partial charge in [-0.25, -0.2) is 0 Å². The predicted octanol–water partition coefficient (Wildman–Crippen LogP) is 1.69. The molecule has 0 spiro atoms. The molecule has 0 unspecified atom stereocenters. The summed E-state index contributed by atoms with van der Waals surface area (Å²) in [5.41, 5.74) is 0.0833. The number of nitrogens with zero attached hydrogens (tertiary/aromatic N) is 1. The van der Waals surface area contributed by atoms with Crippen LogP contribution in [0.5, 0.6) is 0 Å². The van der Waals surface area contributed by atoms with E-state index in [0.717, 1.165) is 0 Å². The van der Waals surface area contributed by atoms with E-state index >= 15 is 0 Å². The van der Waals surface area contributed by atoms with Crippen LogP contribution < -0.4 is 0 Å². The second kappa shape index (κ2) is 4.56. The van der Waals surface area contributed by atoms with Crippen LogP contribution in [0.2, 0.25) is 0 Å². The van der Waals surface area contributed by atoms with Gasteiger partial charge in [0.1, 0.15) is 0 Å². The maximum Gasteiger partial charge on any atom is 0.314 e. The summed E-state index contributed by atoms with van der Waals surface area (Å²) in [5, 5.41) is 18.6. The predicted molar refractivity (Wildman–Crippen MR) is 60.5 cm³/mol. The Morgan fingerprint density at radius 2 is 2.00 bits per heavy atom. The van der Waals surface area contributed by atoms with E-state index in [1.807, 2.05) is 0 Å². The van der Waals surface area contributed by atoms with Gasteiger partial charge in [-0.15, -0.1) is 0 Å². The number of carbonyl (C=O) groups is 1. The zero-order valence-electron chi connectivity index (χ0n) is 9.35. The molecule has 17 heavy (non-hydrogen) atoms. The van der Waals surface area contributed by atoms with E-state index in [2.05, 4.69) is 6.07 Å². The Morgan fingerprint density at radius 3 is 2.59 bits per heavy atom. The first kappa shape index (κ1) is 11.6. The minimum atomic E-state index is -0.968. The summed E-state index contributed by atoms with van der Waals surface area (Å²) in [7, 11) is 0. The molecule has 1 aromatic carbocycles. The van der Waals surface area contributed by atoms with Gasteiger partial charge in [-0.05, 0) is 24.5 Å². The van der Waals surface area contributed by atoms with Gasteiger partial charge < -0.3 is 9.84 Å². The van der Waals surface area contributed by atoms with Crippen molar-refractivity contribution in [3.63, 3.8) is 0 Å². The van der Waals surface area contributed by atoms with Gasteiger partial charge in [0.25, 0.3) is 0 Å². The molecular formula is C13H13NO3. The molecular weight excluding hydrogens is 218 g/mol. The van der Waals surface area contributed by atoms with Crippen LogP contribution in [0.4, 0.5) is 0 Å². The third-order valence-electron chi connectivity index (χ3n) is 3.32. The van der Waals surface area contributed by atoms with Crippen LogP contribution in [-0.4, -0.2) is 24.3 Å². The van der Waals surface area contributed by atoms with Gasteiger partial charge >= 0.3 is 5.97 Å². The minimum Gasteiger partial charge on any atom is -0.481 e. The lowest BCUT2D eigenvalue weighted by atomic mass is 9.72. The normalized spacial score (nSPS) is 18.3. The van der Waals surface area contributed by atoms with Gasteiger partial charge in [-0.2, -0.15) is 5.26 Å². The molecule has 1 aromatic rings. The maximum atomic E-state index is 11.6. The van der Waals surface area contributed by atoms with Crippen molar-refractivity contribution in [1.29, 1.82) is 5.26 Å². The number of hydrogen-bond acceptors (Lipinski definition) is 3. The van der Waals surface area contributed by atoms with Crippen molar-refractivity contribution in [2.75, 3.05) is 13.2 Å². The molecule has 0 saturated carbocycles. The highest BCUT2D eigenvalue weighted by Gasteiger charge is 2.43. The summed E-state index contributed by atoms with van der Waals surface area (Å²) >= 11 is 0. The van der Waals surface area contributed by atoms with Gasteiger partial charge in [0, 0.05) is 13.2 Å². The zero-order valence-corrected chi connectivity index (χ0v) is 9.35. The van der Waals surface area contributed by atoms with Crippen molar-refractivity contribution in [3.8, 4) is 6.07 Å². The number of ether oxygens (including phenoxy) is 1. The quantitative estimate of drug-likeness (QED) is 0.840. The Hall–Kier alpha value is -1.86. The largest absolute Gasteiger partial charge is 0.481 e. The van der Waals surface area contributed by atoms with Gasteiger partial charge in [0.05, 0.1) is 17.0 Å². The molecule has 88 valence electrons. The molecule has 2 rings (SSSR count). The van der Waals surface area contributed by atoms with Crippen molar-refractivity contribution in [2.45, 2.75) is 18.3 Å². The fourth-order valence-electron chi connectivity index (χ4n) is 2.32. The Kier molecular flexibility index (Phi) is 3.12. The number of carboxylic acid groups (broad SMARTS) is 1. The summed E-state index contributed by atoms with van der Waals surface area (Å²) in [6.45, 7) is 0.845. The molecule has 1 aliphatic heterocycles. The Bertz CT molecular complexity index is 470. The fraction of sp³-hybridized carbons (Fsp3) is 0.385. The number of benzene rings is 1. The van der Waals surface area contributed by atoms with E-state index in [-0.39, 0.29) is 0 Å². The molecule has 0 aromatic heterocycles. The van der Waals surface area contributed by atoms with Crippen LogP contribution in [0.25, 0.3) is 0 Å². The summed E-state index contributed by atoms with van der Waals surface area (Å²) in [6.07, 6.45) is 0.835. The van der Waals surface area contributed by atoms with Crippen LogP contribution in [0.1, 0.15) is 24.0 Å². The zero-order chi connectivity index (χ0) is 12.3. The van der Waals surface area contributed by atoms with E-state index in [4.69, 9.17) is 10.00 Å². The van der Waals surface area contributed by atoms with Crippen LogP contribution in [-0.2, 0) is 14.9 Å². The topological polar surface area (TPSA) is 70.3 Å². The standard InChI is InChI=1S/C13H13NO3/c14-9-10-3-1-2-4-11(10)13(12(15)16)5-7-17-8-6-13/h1-4H,5-8H2,(H,15,16). The molecule has 1 fully saturated rings. The van der Waals surface area contributed by atoms with Crippen LogP contribution >= 0.6 is 0 Å². The molecule has 4 heteroatoms. The van der Waals surface area contributed by atoms with Crippen molar-refractivity contribution in [2.24, 2.45) is 0 Å². The molecule has 1 N–H and O–H groups in total. The summed E-state index contributed by atoms with van der Waals surface area (Å²) in [4.78, 5) is 11.6. The Labute approximate surface area is 99.4 Å². The Balaban J connectivity index is 2.53. The summed E-state index contributed by atoms with van der Waals surface area (Å²) in [5.74, 6) is -0.872. The summed E-state index contributed by atoms with van der Waals surface area (Å²) < 4.78 is 5.22. The third-order valence-corrected chi connectivity index (χ3v) is 3.32. The molecule has 0 radical (unpaired) electrons. The van der Waals surface area contributed by atoms with Crippen molar-refractivity contribution in [1.82, 2.24) is 0 Å². The third kappa shape index (κ3) is 1.90. The lowest BCUT2D eigenvalue weighted by Crippen LogP contribution is -2.41. The lowest BCUT2D eigenvalue weighted by molar-refractivity contribution is -0.147. The van der Waals surface area contributed by atoms with Gasteiger partial charge in [-0.3, -0.25) is 4.79 Å². The number of hydrogen-bond donors (Lipinski definition) is 1. The molecule has 1 aliphatic rings. The number of aliphatic carboxylic acids is 1. The van der Waals surface area contributed by atoms with Crippen molar-refractivity contribution >= 4 is 5.97 Å². The molecule has 0 atom stereocenters. The first-order chi connectivity index (χ1) is 8.20. The second-order valence-electron chi connectivity index (χ2n) is 4.16. The molecule has 1 saturated heterocycles. The average molecular weight is 231 g/mol. The minimum absolute atomic E-state index is 0.418. The Morgan fingerprint density at radius 1 is 1.35 bits per heavy atom. The van der Waals surface area contributed by atoms with E-state index in [9.17, 15) is 9.90 Å². The van der Waals surface area contributed by atoms with Gasteiger partial charge in [0.2, 0.25) is 0 Å². The van der Waals surface area contributed by atoms with Crippen molar-refractivity contribution in [3.05, 3.63) is 35.4 Å². The van der Waals surface area contributed by atoms with E-state index in [1.165, 1.54) is 0 Å². The number of carboxylic acids is 1. The smallest absolute Gasteiger partial charge is 0.314 e. The highest BCUT2D eigenvalue weighted by molar-refractivity contribution is 5.82. The number of rotatable bonds is 2. The second-order valence-corrected chi connectivity index (χ2v) is 4.16. The lowest BCUT2D eigenvalue weighted by Gasteiger charge is -2.34. The SMILES string of the molecule is N#Cc1ccccc1C1(C(=O)O)CCOCC1. The maximum absolute atomic E-state index is 11.6. The van der Waals surface area contributed by atoms with Crippen LogP contribution in [0.15, 0.2) is 24.3 Å². The highest BCUT2D eigenvalue weighted by Crippen LogP contribution is 2.36. The molecule has 4 nitrogen and oxygen atoms in total. The fourth-order valence-corrected chi connectivity index (χ4v) is 2.32. The van der Waals surface area contributed by atoms with Gasteiger partial charge in [-0.1, -0.05) is 18.2 Å². The van der Waals surface area contributed by atoms with Gasteiger partial charge in [0.15, 0.2) is 0 Å². The first-order valence-corrected chi connectivity index (χ1v) is 5.51. The average Bonchev–Trinajstić information content (AvgIpc) is 2.39. The van der Waals surface area contributed by atoms with E-state index < -0.39 is 11.4 Å². The molecule has 0 bridgehead atoms. The van der Waals surface area contributed by atoms with E-state index in [1.54, 1.807) is 24.3 Å². The van der Waals surface area contributed by atoms with Crippen LogP contribution in [0, 0.1) is 11.3 Å². The molecule has 0 aliphatic carbocycles. The van der Waals surface area contributed by atoms with E-state index in [0.29, 0.717) is 37.2 Å². The first-order valence-electron chi connectivity index (χ1n) is 5.51. The number of nitriles is 1. The molecule has 0 amide bonds. The molecule has 1 heterocycles.